The van der Waals surface area contributed by atoms with Gasteiger partial charge in [-0.25, -0.2) is 14.8 Å². The van der Waals surface area contributed by atoms with Crippen LogP contribution in [0, 0.1) is 5.82 Å². The Hall–Kier alpha value is -3.26. The number of nitrogens with one attached hydrogen (secondary N) is 1. The number of para-hydroxylation sites is 1. The highest BCUT2D eigenvalue weighted by Gasteiger charge is 2.10. The first-order valence-electron chi connectivity index (χ1n) is 9.73. The smallest absolute Gasteiger partial charge is 0.262 e. The minimum absolute atomic E-state index is 0.128. The minimum Gasteiger partial charge on any atom is -0.494 e. The molecule has 0 amide bonds. The van der Waals surface area contributed by atoms with Crippen LogP contribution in [0.25, 0.3) is 10.9 Å². The SMILES string of the molecule is COc1ccc(/C=N\Nc2nc3ccccc3c(=O)n2CCCOC(C)C)cc1F. The number of methoxy groups -OCH3 is 1. The first-order valence-corrected chi connectivity index (χ1v) is 9.73. The quantitative estimate of drug-likeness (QED) is 0.329. The lowest BCUT2D eigenvalue weighted by Gasteiger charge is -2.13. The van der Waals surface area contributed by atoms with Crippen LogP contribution in [-0.4, -0.2) is 35.6 Å². The van der Waals surface area contributed by atoms with E-state index in [2.05, 4.69) is 15.5 Å². The second kappa shape index (κ2) is 9.98. The van der Waals surface area contributed by atoms with Gasteiger partial charge in [-0.1, -0.05) is 12.1 Å². The average molecular weight is 412 g/mol. The van der Waals surface area contributed by atoms with Crippen molar-refractivity contribution in [3.05, 3.63) is 64.2 Å². The molecular formula is C22H25FN4O3. The number of anilines is 1. The van der Waals surface area contributed by atoms with Gasteiger partial charge in [-0.3, -0.25) is 9.36 Å². The summed E-state index contributed by atoms with van der Waals surface area (Å²) in [6, 6.07) is 11.7. The van der Waals surface area contributed by atoms with Gasteiger partial charge in [0.1, 0.15) is 0 Å². The molecule has 1 N–H and O–H groups in total. The zero-order valence-corrected chi connectivity index (χ0v) is 17.3. The number of fused-ring (bicyclic) bond motifs is 1. The molecular weight excluding hydrogens is 387 g/mol. The van der Waals surface area contributed by atoms with Gasteiger partial charge in [-0.15, -0.1) is 0 Å². The maximum Gasteiger partial charge on any atom is 0.262 e. The third kappa shape index (κ3) is 5.21. The van der Waals surface area contributed by atoms with Crippen LogP contribution < -0.4 is 15.7 Å². The predicted molar refractivity (Wildman–Crippen MR) is 116 cm³/mol. The predicted octanol–water partition coefficient (Wildman–Crippen LogP) is 3.81. The summed E-state index contributed by atoms with van der Waals surface area (Å²) >= 11 is 0. The average Bonchev–Trinajstić information content (AvgIpc) is 2.73. The molecule has 0 aliphatic rings. The van der Waals surface area contributed by atoms with Crippen LogP contribution in [-0.2, 0) is 11.3 Å². The number of nitrogens with zero attached hydrogens (tertiary/aromatic N) is 3. The van der Waals surface area contributed by atoms with Crippen molar-refractivity contribution in [3.63, 3.8) is 0 Å². The molecule has 0 saturated carbocycles. The number of rotatable bonds is 9. The van der Waals surface area contributed by atoms with E-state index in [1.807, 2.05) is 19.9 Å². The van der Waals surface area contributed by atoms with Gasteiger partial charge in [-0.2, -0.15) is 5.10 Å². The minimum atomic E-state index is -0.479. The zero-order valence-electron chi connectivity index (χ0n) is 17.3. The number of halogens is 1. The highest BCUT2D eigenvalue weighted by molar-refractivity contribution is 5.81. The molecule has 3 aromatic rings. The standard InChI is InChI=1S/C22H25FN4O3/c1-15(2)30-12-6-11-27-21(28)17-7-4-5-8-19(17)25-22(27)26-24-14-16-9-10-20(29-3)18(23)13-16/h4-5,7-10,13-15H,6,11-12H2,1-3H3,(H,25,26)/b24-14-. The summed E-state index contributed by atoms with van der Waals surface area (Å²) in [6.07, 6.45) is 2.24. The zero-order chi connectivity index (χ0) is 21.5. The summed E-state index contributed by atoms with van der Waals surface area (Å²) in [5.74, 6) is -0.00502. The van der Waals surface area contributed by atoms with Crippen molar-refractivity contribution in [2.75, 3.05) is 19.1 Å². The first kappa shape index (κ1) is 21.4. The number of hydrazone groups is 1. The Bertz CT molecular complexity index is 1100. The van der Waals surface area contributed by atoms with Crippen LogP contribution in [0.2, 0.25) is 0 Å². The molecule has 0 radical (unpaired) electrons. The Morgan fingerprint density at radius 3 is 2.80 bits per heavy atom. The molecule has 7 nitrogen and oxygen atoms in total. The van der Waals surface area contributed by atoms with Crippen molar-refractivity contribution < 1.29 is 13.9 Å². The van der Waals surface area contributed by atoms with E-state index >= 15 is 0 Å². The Kier molecular flexibility index (Phi) is 7.13. The molecule has 0 saturated heterocycles. The lowest BCUT2D eigenvalue weighted by Crippen LogP contribution is -2.25. The van der Waals surface area contributed by atoms with Gasteiger partial charge >= 0.3 is 0 Å². The topological polar surface area (TPSA) is 77.7 Å². The number of benzene rings is 2. The highest BCUT2D eigenvalue weighted by Crippen LogP contribution is 2.17. The van der Waals surface area contributed by atoms with Gasteiger partial charge in [0.2, 0.25) is 5.95 Å². The van der Waals surface area contributed by atoms with Crippen LogP contribution in [0.1, 0.15) is 25.8 Å². The lowest BCUT2D eigenvalue weighted by molar-refractivity contribution is 0.0748. The van der Waals surface area contributed by atoms with Crippen LogP contribution in [0.15, 0.2) is 52.4 Å². The van der Waals surface area contributed by atoms with Gasteiger partial charge in [0.05, 0.1) is 30.3 Å². The number of hydrogen-bond donors (Lipinski definition) is 1. The van der Waals surface area contributed by atoms with Crippen molar-refractivity contribution in [2.45, 2.75) is 32.9 Å². The molecule has 0 fully saturated rings. The van der Waals surface area contributed by atoms with Gasteiger partial charge in [0.15, 0.2) is 11.6 Å². The molecule has 158 valence electrons. The van der Waals surface area contributed by atoms with Gasteiger partial charge in [0.25, 0.3) is 5.56 Å². The van der Waals surface area contributed by atoms with E-state index in [1.165, 1.54) is 30.0 Å². The third-order valence-electron chi connectivity index (χ3n) is 4.39. The Morgan fingerprint density at radius 1 is 1.27 bits per heavy atom. The van der Waals surface area contributed by atoms with Crippen molar-refractivity contribution in [2.24, 2.45) is 5.10 Å². The second-order valence-electron chi connectivity index (χ2n) is 6.95. The summed E-state index contributed by atoms with van der Waals surface area (Å²) in [4.78, 5) is 17.5. The lowest BCUT2D eigenvalue weighted by atomic mass is 10.2. The fraction of sp³-hybridized carbons (Fsp3) is 0.318. The summed E-state index contributed by atoms with van der Waals surface area (Å²) in [5, 5.41) is 4.67. The molecule has 0 aliphatic carbocycles. The van der Waals surface area contributed by atoms with Crippen molar-refractivity contribution in [1.29, 1.82) is 0 Å². The Labute approximate surface area is 174 Å². The van der Waals surface area contributed by atoms with Crippen molar-refractivity contribution in [3.8, 4) is 5.75 Å². The fourth-order valence-corrected chi connectivity index (χ4v) is 2.93. The van der Waals surface area contributed by atoms with Crippen LogP contribution in [0.4, 0.5) is 10.3 Å². The van der Waals surface area contributed by atoms with E-state index in [0.29, 0.717) is 42.0 Å². The summed E-state index contributed by atoms with van der Waals surface area (Å²) in [5.41, 5.74) is 3.78. The number of ether oxygens (including phenoxy) is 2. The number of hydrogen-bond acceptors (Lipinski definition) is 6. The van der Waals surface area contributed by atoms with E-state index in [4.69, 9.17) is 9.47 Å². The van der Waals surface area contributed by atoms with Gasteiger partial charge in [-0.05, 0) is 56.2 Å². The summed E-state index contributed by atoms with van der Waals surface area (Å²) < 4.78 is 25.9. The van der Waals surface area contributed by atoms with E-state index < -0.39 is 5.82 Å². The highest BCUT2D eigenvalue weighted by atomic mass is 19.1. The van der Waals surface area contributed by atoms with E-state index in [0.717, 1.165) is 0 Å². The fourth-order valence-electron chi connectivity index (χ4n) is 2.93. The molecule has 2 aromatic carbocycles. The molecule has 0 aliphatic heterocycles. The van der Waals surface area contributed by atoms with Crippen LogP contribution in [0.3, 0.4) is 0 Å². The molecule has 0 spiro atoms. The Morgan fingerprint density at radius 2 is 2.07 bits per heavy atom. The molecule has 8 heteroatoms. The van der Waals surface area contributed by atoms with Crippen LogP contribution >= 0.6 is 0 Å². The van der Waals surface area contributed by atoms with E-state index in [-0.39, 0.29) is 17.4 Å². The first-order chi connectivity index (χ1) is 14.5. The summed E-state index contributed by atoms with van der Waals surface area (Å²) in [7, 11) is 1.41. The summed E-state index contributed by atoms with van der Waals surface area (Å²) in [6.45, 7) is 4.89. The molecule has 0 unspecified atom stereocenters. The molecule has 1 heterocycles. The molecule has 1 aromatic heterocycles. The van der Waals surface area contributed by atoms with Crippen molar-refractivity contribution in [1.82, 2.24) is 9.55 Å². The van der Waals surface area contributed by atoms with E-state index in [9.17, 15) is 9.18 Å². The monoisotopic (exact) mass is 412 g/mol. The molecule has 3 rings (SSSR count). The van der Waals surface area contributed by atoms with E-state index in [1.54, 1.807) is 24.3 Å². The molecule has 0 bridgehead atoms. The second-order valence-corrected chi connectivity index (χ2v) is 6.95. The van der Waals surface area contributed by atoms with Crippen molar-refractivity contribution >= 4 is 23.1 Å². The van der Waals surface area contributed by atoms with Gasteiger partial charge < -0.3 is 9.47 Å². The Balaban J connectivity index is 1.84. The number of aromatic nitrogens is 2. The largest absolute Gasteiger partial charge is 0.494 e. The van der Waals surface area contributed by atoms with Crippen LogP contribution in [0.5, 0.6) is 5.75 Å². The normalized spacial score (nSPS) is 11.5. The third-order valence-corrected chi connectivity index (χ3v) is 4.39. The molecule has 0 atom stereocenters. The maximum absolute atomic E-state index is 13.8. The van der Waals surface area contributed by atoms with Gasteiger partial charge in [0, 0.05) is 13.2 Å². The molecule has 30 heavy (non-hydrogen) atoms. The maximum atomic E-state index is 13.8.